The first kappa shape index (κ1) is 40.3. The number of phosphoric ester groups is 1. The first-order chi connectivity index (χ1) is 21.0. The Hall–Kier alpha value is -1.77. The van der Waals surface area contributed by atoms with Crippen molar-refractivity contribution in [2.45, 2.75) is 116 Å². The van der Waals surface area contributed by atoms with Gasteiger partial charge in [-0.2, -0.15) is 0 Å². The van der Waals surface area contributed by atoms with Crippen LogP contribution in [0.4, 0.5) is 0 Å². The molecule has 0 aliphatic rings. The van der Waals surface area contributed by atoms with Crippen molar-refractivity contribution in [3.05, 3.63) is 35.4 Å². The molecule has 0 aliphatic carbocycles. The number of carbonyl (C=O) groups excluding carboxylic acids is 2. The Morgan fingerprint density at radius 1 is 0.727 bits per heavy atom. The van der Waals surface area contributed by atoms with E-state index >= 15 is 0 Å². The third kappa shape index (κ3) is 23.6. The molecule has 0 saturated heterocycles. The molecule has 254 valence electrons. The van der Waals surface area contributed by atoms with Gasteiger partial charge in [0.1, 0.15) is 13.2 Å². The predicted molar refractivity (Wildman–Crippen MR) is 180 cm³/mol. The molecule has 1 aromatic rings. The fourth-order valence-electron chi connectivity index (χ4n) is 4.89. The van der Waals surface area contributed by atoms with Gasteiger partial charge in [-0.05, 0) is 37.0 Å². The molecule has 9 nitrogen and oxygen atoms in total. The molecule has 0 aliphatic heterocycles. The van der Waals surface area contributed by atoms with Crippen LogP contribution in [0.2, 0.25) is 0 Å². The van der Waals surface area contributed by atoms with Crippen LogP contribution in [0.15, 0.2) is 24.3 Å². The molecule has 3 N–H and O–H groups in total. The highest BCUT2D eigenvalue weighted by atomic mass is 31.2. The molecule has 0 saturated carbocycles. The number of nitrogens with one attached hydrogen (secondary N) is 2. The molecule has 0 heterocycles. The van der Waals surface area contributed by atoms with Crippen molar-refractivity contribution in [1.29, 1.82) is 0 Å². The van der Waals surface area contributed by atoms with Crippen molar-refractivity contribution < 1.29 is 32.6 Å². The van der Waals surface area contributed by atoms with Crippen molar-refractivity contribution in [3.8, 4) is 0 Å². The first-order valence-corrected chi connectivity index (χ1v) is 18.5. The number of quaternary nitrogens is 1. The summed E-state index contributed by atoms with van der Waals surface area (Å²) in [6.45, 7) is 1.49. The zero-order chi connectivity index (χ0) is 32.5. The second kappa shape index (κ2) is 24.5. The van der Waals surface area contributed by atoms with Gasteiger partial charge < -0.3 is 20.0 Å². The lowest BCUT2D eigenvalue weighted by Gasteiger charge is -2.24. The number of hydrogen-bond acceptors (Lipinski definition) is 5. The fourth-order valence-corrected chi connectivity index (χ4v) is 5.64. The fraction of sp³-hybridized carbons (Fsp3) is 0.765. The summed E-state index contributed by atoms with van der Waals surface area (Å²) in [6.07, 6.45) is 21.2. The Morgan fingerprint density at radius 2 is 1.18 bits per heavy atom. The van der Waals surface area contributed by atoms with Crippen LogP contribution >= 0.6 is 7.82 Å². The number of carbonyl (C=O) groups is 2. The topological polar surface area (TPSA) is 114 Å². The zero-order valence-electron chi connectivity index (χ0n) is 28.2. The van der Waals surface area contributed by atoms with Gasteiger partial charge in [-0.15, -0.1) is 0 Å². The summed E-state index contributed by atoms with van der Waals surface area (Å²) in [7, 11) is 3.70. The smallest absolute Gasteiger partial charge is 0.359 e. The van der Waals surface area contributed by atoms with Crippen LogP contribution in [-0.4, -0.2) is 75.7 Å². The number of unbranched alkanes of at least 4 members (excludes halogenated alkanes) is 15. The SMILES string of the molecule is CNC(=O)CCNC(=O)c1ccc(CCCCCCCCCCCCCCCCCCOP(=O)(O)OCC[N+](C)(C)C)cc1. The largest absolute Gasteiger partial charge is 0.472 e. The van der Waals surface area contributed by atoms with E-state index in [1.54, 1.807) is 7.05 Å². The van der Waals surface area contributed by atoms with Crippen molar-refractivity contribution in [2.24, 2.45) is 0 Å². The van der Waals surface area contributed by atoms with Gasteiger partial charge in [0.05, 0.1) is 27.7 Å². The average Bonchev–Trinajstić information content (AvgIpc) is 2.97. The zero-order valence-corrected chi connectivity index (χ0v) is 29.1. The second-order valence-corrected chi connectivity index (χ2v) is 14.4. The summed E-state index contributed by atoms with van der Waals surface area (Å²) in [5.74, 6) is -0.215. The normalized spacial score (nSPS) is 13.0. The lowest BCUT2D eigenvalue weighted by molar-refractivity contribution is -0.870. The van der Waals surface area contributed by atoms with Gasteiger partial charge in [0.15, 0.2) is 0 Å². The van der Waals surface area contributed by atoms with E-state index in [1.807, 2.05) is 45.4 Å². The van der Waals surface area contributed by atoms with Crippen molar-refractivity contribution in [1.82, 2.24) is 10.6 Å². The average molecular weight is 641 g/mol. The number of aryl methyl sites for hydroxylation is 1. The molecule has 10 heteroatoms. The van der Waals surface area contributed by atoms with Gasteiger partial charge in [0, 0.05) is 25.6 Å². The molecule has 1 aromatic carbocycles. The maximum atomic E-state index is 12.2. The van der Waals surface area contributed by atoms with Crippen molar-refractivity contribution in [3.63, 3.8) is 0 Å². The molecule has 0 fully saturated rings. The van der Waals surface area contributed by atoms with Crippen LogP contribution in [-0.2, 0) is 24.8 Å². The second-order valence-electron chi connectivity index (χ2n) is 12.9. The van der Waals surface area contributed by atoms with E-state index in [9.17, 15) is 19.0 Å². The Morgan fingerprint density at radius 3 is 1.66 bits per heavy atom. The third-order valence-corrected chi connectivity index (χ3v) is 8.78. The molecule has 0 spiro atoms. The van der Waals surface area contributed by atoms with Gasteiger partial charge in [-0.25, -0.2) is 4.57 Å². The molecule has 1 rings (SSSR count). The molecular weight excluding hydrogens is 577 g/mol. The molecule has 0 bridgehead atoms. The van der Waals surface area contributed by atoms with Crippen LogP contribution in [0.1, 0.15) is 125 Å². The summed E-state index contributed by atoms with van der Waals surface area (Å²) in [4.78, 5) is 33.1. The molecule has 1 unspecified atom stereocenters. The Balaban J connectivity index is 1.86. The van der Waals surface area contributed by atoms with E-state index < -0.39 is 7.82 Å². The highest BCUT2D eigenvalue weighted by molar-refractivity contribution is 7.47. The van der Waals surface area contributed by atoms with E-state index in [2.05, 4.69) is 10.6 Å². The lowest BCUT2D eigenvalue weighted by Crippen LogP contribution is -2.37. The van der Waals surface area contributed by atoms with Crippen LogP contribution < -0.4 is 10.6 Å². The Bertz CT molecular complexity index is 936. The van der Waals surface area contributed by atoms with Crippen LogP contribution in [0, 0.1) is 0 Å². The van der Waals surface area contributed by atoms with E-state index in [4.69, 9.17) is 9.05 Å². The quantitative estimate of drug-likeness (QED) is 0.0508. The number of amides is 2. The van der Waals surface area contributed by atoms with Crippen LogP contribution in [0.25, 0.3) is 0 Å². The molecule has 1 atom stereocenters. The molecule has 44 heavy (non-hydrogen) atoms. The summed E-state index contributed by atoms with van der Waals surface area (Å²) in [5.41, 5.74) is 1.90. The van der Waals surface area contributed by atoms with Crippen LogP contribution in [0.5, 0.6) is 0 Å². The minimum Gasteiger partial charge on any atom is -0.359 e. The monoisotopic (exact) mass is 640 g/mol. The predicted octanol–water partition coefficient (Wildman–Crippen LogP) is 7.18. The number of rotatable bonds is 28. The molecule has 2 amide bonds. The van der Waals surface area contributed by atoms with Crippen LogP contribution in [0.3, 0.4) is 0 Å². The summed E-state index contributed by atoms with van der Waals surface area (Å²) in [6, 6.07) is 7.82. The van der Waals surface area contributed by atoms with E-state index in [0.717, 1.165) is 25.7 Å². The number of benzene rings is 1. The van der Waals surface area contributed by atoms with Gasteiger partial charge in [0.25, 0.3) is 5.91 Å². The summed E-state index contributed by atoms with van der Waals surface area (Å²) in [5, 5.41) is 5.33. The molecule has 0 radical (unpaired) electrons. The summed E-state index contributed by atoms with van der Waals surface area (Å²) >= 11 is 0. The van der Waals surface area contributed by atoms with Gasteiger partial charge in [-0.3, -0.25) is 18.6 Å². The maximum absolute atomic E-state index is 12.2. The van der Waals surface area contributed by atoms with Crippen molar-refractivity contribution >= 4 is 19.6 Å². The van der Waals surface area contributed by atoms with Gasteiger partial charge in [0.2, 0.25) is 5.91 Å². The highest BCUT2D eigenvalue weighted by Gasteiger charge is 2.22. The Labute approximate surface area is 268 Å². The first-order valence-electron chi connectivity index (χ1n) is 17.0. The number of likely N-dealkylation sites (N-methyl/N-ethyl adjacent to an activating group) is 1. The van der Waals surface area contributed by atoms with Gasteiger partial charge in [-0.1, -0.05) is 102 Å². The minimum atomic E-state index is -3.92. The Kier molecular flexibility index (Phi) is 22.4. The number of hydrogen-bond donors (Lipinski definition) is 3. The summed E-state index contributed by atoms with van der Waals surface area (Å²) < 4.78 is 22.6. The maximum Gasteiger partial charge on any atom is 0.472 e. The van der Waals surface area contributed by atoms with E-state index in [0.29, 0.717) is 23.1 Å². The number of nitrogens with zero attached hydrogens (tertiary/aromatic N) is 1. The number of phosphoric acid groups is 1. The molecular formula is C34H63N3O6P+. The highest BCUT2D eigenvalue weighted by Crippen LogP contribution is 2.43. The van der Waals surface area contributed by atoms with Crippen molar-refractivity contribution in [2.75, 3.05) is 54.5 Å². The third-order valence-electron chi connectivity index (χ3n) is 7.76. The molecule has 0 aromatic heterocycles. The van der Waals surface area contributed by atoms with Gasteiger partial charge >= 0.3 is 7.82 Å². The minimum absolute atomic E-state index is 0.0791. The standard InChI is InChI=1S/C34H62N3O6P/c1-35-33(38)26-27-36-34(39)32-24-22-31(23-25-32)21-19-17-15-13-11-9-7-5-6-8-10-12-14-16-18-20-29-42-44(40,41)43-30-28-37(2,3)4/h22-25H,5-21,26-30H2,1-4H3,(H2-,35,36,38,39,40,41)/p+1. The van der Waals surface area contributed by atoms with E-state index in [-0.39, 0.29) is 31.4 Å². The van der Waals surface area contributed by atoms with E-state index in [1.165, 1.54) is 89.0 Å². The lowest BCUT2D eigenvalue weighted by atomic mass is 10.0.